The van der Waals surface area contributed by atoms with Crippen molar-refractivity contribution in [1.82, 2.24) is 0 Å². The van der Waals surface area contributed by atoms with E-state index in [0.717, 1.165) is 5.56 Å². The summed E-state index contributed by atoms with van der Waals surface area (Å²) in [5.74, 6) is 0.0187. The van der Waals surface area contributed by atoms with Gasteiger partial charge in [0.15, 0.2) is 5.60 Å². The third-order valence-electron chi connectivity index (χ3n) is 3.74. The number of hydrogen-bond acceptors (Lipinski definition) is 4. The molecule has 0 amide bonds. The maximum absolute atomic E-state index is 11.8. The Morgan fingerprint density at radius 3 is 2.39 bits per heavy atom. The van der Waals surface area contributed by atoms with Crippen molar-refractivity contribution >= 4 is 5.97 Å². The molecule has 0 aromatic heterocycles. The molecule has 0 bridgehead atoms. The van der Waals surface area contributed by atoms with Crippen molar-refractivity contribution < 1.29 is 19.4 Å². The van der Waals surface area contributed by atoms with E-state index < -0.39 is 11.6 Å². The standard InChI is InChI=1S/C19H22O4/c1-4-22-18(20)19(3,21)16-9-11-17(12-10-16)23-13-15-8-6-5-7-14(15)2/h5-12,21H,4,13H2,1-3H3. The van der Waals surface area contributed by atoms with Crippen molar-refractivity contribution in [2.45, 2.75) is 33.0 Å². The molecule has 0 spiro atoms. The van der Waals surface area contributed by atoms with Crippen LogP contribution in [0.1, 0.15) is 30.5 Å². The fraction of sp³-hybridized carbons (Fsp3) is 0.316. The maximum Gasteiger partial charge on any atom is 0.342 e. The van der Waals surface area contributed by atoms with E-state index in [9.17, 15) is 9.90 Å². The summed E-state index contributed by atoms with van der Waals surface area (Å²) in [6.07, 6.45) is 0. The Balaban J connectivity index is 2.05. The third-order valence-corrected chi connectivity index (χ3v) is 3.74. The second kappa shape index (κ2) is 7.29. The molecule has 1 N–H and O–H groups in total. The van der Waals surface area contributed by atoms with Crippen molar-refractivity contribution in [3.8, 4) is 5.75 Å². The SMILES string of the molecule is CCOC(=O)C(C)(O)c1ccc(OCc2ccccc2C)cc1. The van der Waals surface area contributed by atoms with E-state index in [-0.39, 0.29) is 6.61 Å². The fourth-order valence-electron chi connectivity index (χ4n) is 2.20. The Kier molecular flexibility index (Phi) is 5.40. The second-order valence-corrected chi connectivity index (χ2v) is 5.53. The molecule has 2 aromatic rings. The highest BCUT2D eigenvalue weighted by molar-refractivity contribution is 5.80. The van der Waals surface area contributed by atoms with Gasteiger partial charge in [0.05, 0.1) is 6.61 Å². The quantitative estimate of drug-likeness (QED) is 0.831. The van der Waals surface area contributed by atoms with Gasteiger partial charge in [-0.3, -0.25) is 0 Å². The largest absolute Gasteiger partial charge is 0.489 e. The Morgan fingerprint density at radius 2 is 1.78 bits per heavy atom. The third kappa shape index (κ3) is 4.11. The Morgan fingerprint density at radius 1 is 1.13 bits per heavy atom. The molecule has 0 saturated heterocycles. The molecule has 4 nitrogen and oxygen atoms in total. The van der Waals surface area contributed by atoms with E-state index in [0.29, 0.717) is 17.9 Å². The monoisotopic (exact) mass is 314 g/mol. The van der Waals surface area contributed by atoms with E-state index in [2.05, 4.69) is 0 Å². The molecule has 0 aliphatic heterocycles. The van der Waals surface area contributed by atoms with E-state index in [1.54, 1.807) is 31.2 Å². The number of benzene rings is 2. The summed E-state index contributed by atoms with van der Waals surface area (Å²) in [6.45, 7) is 5.87. The fourth-order valence-corrected chi connectivity index (χ4v) is 2.20. The molecule has 4 heteroatoms. The first kappa shape index (κ1) is 17.0. The van der Waals surface area contributed by atoms with Crippen LogP contribution < -0.4 is 4.74 Å². The van der Waals surface area contributed by atoms with Crippen LogP contribution in [0.25, 0.3) is 0 Å². The van der Waals surface area contributed by atoms with E-state index in [4.69, 9.17) is 9.47 Å². The number of hydrogen-bond donors (Lipinski definition) is 1. The van der Waals surface area contributed by atoms with Crippen molar-refractivity contribution in [3.63, 3.8) is 0 Å². The normalized spacial score (nSPS) is 13.2. The number of rotatable bonds is 6. The summed E-state index contributed by atoms with van der Waals surface area (Å²) < 4.78 is 10.6. The van der Waals surface area contributed by atoms with Crippen LogP contribution >= 0.6 is 0 Å². The van der Waals surface area contributed by atoms with Crippen molar-refractivity contribution in [1.29, 1.82) is 0 Å². The predicted molar refractivity (Wildman–Crippen MR) is 88.2 cm³/mol. The zero-order chi connectivity index (χ0) is 16.9. The minimum Gasteiger partial charge on any atom is -0.489 e. The lowest BCUT2D eigenvalue weighted by Gasteiger charge is -2.21. The molecule has 0 heterocycles. The highest BCUT2D eigenvalue weighted by Crippen LogP contribution is 2.25. The minimum absolute atomic E-state index is 0.229. The van der Waals surface area contributed by atoms with Gasteiger partial charge in [0.1, 0.15) is 12.4 Å². The van der Waals surface area contributed by atoms with Crippen molar-refractivity contribution in [2.24, 2.45) is 0 Å². The van der Waals surface area contributed by atoms with Gasteiger partial charge in [0, 0.05) is 0 Å². The number of ether oxygens (including phenoxy) is 2. The summed E-state index contributed by atoms with van der Waals surface area (Å²) in [6, 6.07) is 14.8. The van der Waals surface area contributed by atoms with Gasteiger partial charge >= 0.3 is 5.97 Å². The van der Waals surface area contributed by atoms with Gasteiger partial charge in [0.2, 0.25) is 0 Å². The molecule has 1 atom stereocenters. The van der Waals surface area contributed by atoms with Crippen molar-refractivity contribution in [3.05, 3.63) is 65.2 Å². The van der Waals surface area contributed by atoms with Crippen LogP contribution in [0.15, 0.2) is 48.5 Å². The van der Waals surface area contributed by atoms with E-state index in [1.165, 1.54) is 12.5 Å². The van der Waals surface area contributed by atoms with Crippen LogP contribution in [0.5, 0.6) is 5.75 Å². The number of esters is 1. The first-order chi connectivity index (χ1) is 10.9. The molecule has 0 saturated carbocycles. The Bertz CT molecular complexity index is 659. The molecule has 122 valence electrons. The second-order valence-electron chi connectivity index (χ2n) is 5.53. The zero-order valence-corrected chi connectivity index (χ0v) is 13.7. The van der Waals surface area contributed by atoms with Crippen LogP contribution in [-0.2, 0) is 21.7 Å². The number of aryl methyl sites for hydroxylation is 1. The first-order valence-corrected chi connectivity index (χ1v) is 7.62. The van der Waals surface area contributed by atoms with Gasteiger partial charge in [-0.1, -0.05) is 36.4 Å². The molecule has 1 unspecified atom stereocenters. The maximum atomic E-state index is 11.8. The van der Waals surface area contributed by atoms with Crippen molar-refractivity contribution in [2.75, 3.05) is 6.61 Å². The molecular weight excluding hydrogens is 292 g/mol. The summed E-state index contributed by atoms with van der Waals surface area (Å²) in [5.41, 5.74) is 1.11. The van der Waals surface area contributed by atoms with Gasteiger partial charge in [-0.15, -0.1) is 0 Å². The number of carbonyl (C=O) groups is 1. The molecule has 0 aliphatic carbocycles. The lowest BCUT2D eigenvalue weighted by Crippen LogP contribution is -2.34. The van der Waals surface area contributed by atoms with E-state index >= 15 is 0 Å². The zero-order valence-electron chi connectivity index (χ0n) is 13.7. The smallest absolute Gasteiger partial charge is 0.342 e. The molecule has 2 aromatic carbocycles. The topological polar surface area (TPSA) is 55.8 Å². The minimum atomic E-state index is -1.66. The molecule has 0 fully saturated rings. The summed E-state index contributed by atoms with van der Waals surface area (Å²) in [5, 5.41) is 10.3. The highest BCUT2D eigenvalue weighted by atomic mass is 16.5. The highest BCUT2D eigenvalue weighted by Gasteiger charge is 2.33. The lowest BCUT2D eigenvalue weighted by molar-refractivity contribution is -0.164. The molecule has 0 aliphatic rings. The van der Waals surface area contributed by atoms with Gasteiger partial charge < -0.3 is 14.6 Å². The first-order valence-electron chi connectivity index (χ1n) is 7.62. The average molecular weight is 314 g/mol. The molecule has 0 radical (unpaired) electrons. The summed E-state index contributed by atoms with van der Waals surface area (Å²) in [4.78, 5) is 11.8. The van der Waals surface area contributed by atoms with Crippen LogP contribution in [-0.4, -0.2) is 17.7 Å². The van der Waals surface area contributed by atoms with Gasteiger partial charge in [0.25, 0.3) is 0 Å². The lowest BCUT2D eigenvalue weighted by atomic mass is 9.96. The number of aliphatic hydroxyl groups is 1. The predicted octanol–water partition coefficient (Wildman–Crippen LogP) is 3.34. The van der Waals surface area contributed by atoms with Gasteiger partial charge in [-0.05, 0) is 49.6 Å². The van der Waals surface area contributed by atoms with Crippen LogP contribution in [0.3, 0.4) is 0 Å². The average Bonchev–Trinajstić information content (AvgIpc) is 2.55. The molecule has 23 heavy (non-hydrogen) atoms. The Hall–Kier alpha value is -2.33. The van der Waals surface area contributed by atoms with Gasteiger partial charge in [-0.25, -0.2) is 4.79 Å². The van der Waals surface area contributed by atoms with E-state index in [1.807, 2.05) is 31.2 Å². The molecular formula is C19H22O4. The van der Waals surface area contributed by atoms with Crippen LogP contribution in [0, 0.1) is 6.92 Å². The van der Waals surface area contributed by atoms with Crippen LogP contribution in [0.2, 0.25) is 0 Å². The number of carbonyl (C=O) groups excluding carboxylic acids is 1. The Labute approximate surface area is 136 Å². The van der Waals surface area contributed by atoms with Gasteiger partial charge in [-0.2, -0.15) is 0 Å². The summed E-state index contributed by atoms with van der Waals surface area (Å²) >= 11 is 0. The summed E-state index contributed by atoms with van der Waals surface area (Å²) in [7, 11) is 0. The van der Waals surface area contributed by atoms with Crippen LogP contribution in [0.4, 0.5) is 0 Å². The molecule has 2 rings (SSSR count).